The Kier molecular flexibility index (Phi) is 5.33. The number of pyridine rings is 1. The average Bonchev–Trinajstić information content (AvgIpc) is 2.89. The molecule has 0 aromatic carbocycles. The minimum Gasteiger partial charge on any atom is -0.452 e. The molecule has 0 unspecified atom stereocenters. The molecular formula is C16H24N4O. The molecule has 2 rings (SSSR count). The zero-order valence-corrected chi connectivity index (χ0v) is 13.2. The molecule has 0 aliphatic carbocycles. The first-order valence-electron chi connectivity index (χ1n) is 7.42. The van der Waals surface area contributed by atoms with Gasteiger partial charge in [-0.1, -0.05) is 13.8 Å². The molecule has 5 nitrogen and oxygen atoms in total. The second kappa shape index (κ2) is 7.22. The Morgan fingerprint density at radius 2 is 2.05 bits per heavy atom. The van der Waals surface area contributed by atoms with Gasteiger partial charge in [0.1, 0.15) is 5.75 Å². The summed E-state index contributed by atoms with van der Waals surface area (Å²) >= 11 is 0. The second-order valence-electron chi connectivity index (χ2n) is 5.86. The van der Waals surface area contributed by atoms with Crippen LogP contribution in [0.4, 0.5) is 0 Å². The lowest BCUT2D eigenvalue weighted by Crippen LogP contribution is -2.19. The molecule has 0 saturated heterocycles. The van der Waals surface area contributed by atoms with E-state index in [1.165, 1.54) is 0 Å². The van der Waals surface area contributed by atoms with Crippen LogP contribution in [0.3, 0.4) is 0 Å². The van der Waals surface area contributed by atoms with Crippen LogP contribution in [0, 0.1) is 5.92 Å². The summed E-state index contributed by atoms with van der Waals surface area (Å²) in [6, 6.07) is 2.30. The van der Waals surface area contributed by atoms with Crippen molar-refractivity contribution in [3.05, 3.63) is 36.4 Å². The lowest BCUT2D eigenvalue weighted by molar-refractivity contribution is 0.463. The van der Waals surface area contributed by atoms with Crippen molar-refractivity contribution in [3.8, 4) is 11.5 Å². The van der Waals surface area contributed by atoms with Crippen molar-refractivity contribution in [1.29, 1.82) is 0 Å². The molecule has 114 valence electrons. The lowest BCUT2D eigenvalue weighted by atomic mass is 10.2. The number of hydrogen-bond donors (Lipinski definition) is 1. The summed E-state index contributed by atoms with van der Waals surface area (Å²) in [5.41, 5.74) is 1.10. The van der Waals surface area contributed by atoms with Crippen LogP contribution in [0.15, 0.2) is 30.9 Å². The molecule has 2 aromatic heterocycles. The van der Waals surface area contributed by atoms with Crippen molar-refractivity contribution in [2.45, 2.75) is 40.3 Å². The Morgan fingerprint density at radius 1 is 1.24 bits per heavy atom. The molecule has 1 N–H and O–H groups in total. The van der Waals surface area contributed by atoms with Crippen molar-refractivity contribution < 1.29 is 4.74 Å². The second-order valence-corrected chi connectivity index (χ2v) is 5.86. The van der Waals surface area contributed by atoms with Crippen molar-refractivity contribution >= 4 is 0 Å². The van der Waals surface area contributed by atoms with Gasteiger partial charge in [-0.05, 0) is 32.4 Å². The molecule has 0 amide bonds. The van der Waals surface area contributed by atoms with Gasteiger partial charge in [-0.2, -0.15) is 5.10 Å². The van der Waals surface area contributed by atoms with Crippen LogP contribution in [0.1, 0.15) is 39.3 Å². The number of ether oxygens (including phenoxy) is 1. The predicted molar refractivity (Wildman–Crippen MR) is 83.5 cm³/mol. The van der Waals surface area contributed by atoms with Gasteiger partial charge in [0.2, 0.25) is 0 Å². The zero-order chi connectivity index (χ0) is 15.2. The fourth-order valence-corrected chi connectivity index (χ4v) is 1.92. The molecule has 0 atom stereocenters. The maximum atomic E-state index is 5.91. The van der Waals surface area contributed by atoms with Gasteiger partial charge in [-0.25, -0.2) is 0 Å². The first kappa shape index (κ1) is 15.5. The highest BCUT2D eigenvalue weighted by molar-refractivity contribution is 5.33. The third kappa shape index (κ3) is 4.56. The molecule has 5 heteroatoms. The van der Waals surface area contributed by atoms with Crippen LogP contribution in [0.25, 0.3) is 0 Å². The van der Waals surface area contributed by atoms with E-state index < -0.39 is 0 Å². The Hall–Kier alpha value is -1.88. The first-order valence-corrected chi connectivity index (χ1v) is 7.42. The minimum absolute atomic E-state index is 0.323. The Morgan fingerprint density at radius 3 is 2.71 bits per heavy atom. The van der Waals surface area contributed by atoms with Crippen molar-refractivity contribution in [2.75, 3.05) is 6.54 Å². The summed E-state index contributed by atoms with van der Waals surface area (Å²) in [7, 11) is 0. The topological polar surface area (TPSA) is 52.0 Å². The van der Waals surface area contributed by atoms with E-state index in [-0.39, 0.29) is 0 Å². The summed E-state index contributed by atoms with van der Waals surface area (Å²) in [5, 5.41) is 7.70. The van der Waals surface area contributed by atoms with Gasteiger partial charge in [0.25, 0.3) is 0 Å². The number of hydrogen-bond acceptors (Lipinski definition) is 4. The summed E-state index contributed by atoms with van der Waals surface area (Å²) in [5.74, 6) is 2.14. The van der Waals surface area contributed by atoms with Crippen molar-refractivity contribution in [1.82, 2.24) is 20.1 Å². The monoisotopic (exact) mass is 288 g/mol. The van der Waals surface area contributed by atoms with E-state index in [4.69, 9.17) is 4.74 Å². The standard InChI is InChI=1S/C16H24N4O/c1-12(2)7-18-8-14-5-6-17-10-16(14)21-15-9-19-20(11-15)13(3)4/h5-6,9-13,18H,7-8H2,1-4H3. The van der Waals surface area contributed by atoms with Gasteiger partial charge in [0, 0.05) is 24.3 Å². The molecule has 21 heavy (non-hydrogen) atoms. The normalized spacial score (nSPS) is 11.3. The van der Waals surface area contributed by atoms with Crippen LogP contribution in [-0.2, 0) is 6.54 Å². The van der Waals surface area contributed by atoms with E-state index in [1.54, 1.807) is 18.6 Å². The molecule has 0 fully saturated rings. The largest absolute Gasteiger partial charge is 0.452 e. The predicted octanol–water partition coefficient (Wildman–Crippen LogP) is 3.40. The fourth-order valence-electron chi connectivity index (χ4n) is 1.92. The molecule has 0 aliphatic rings. The summed E-state index contributed by atoms with van der Waals surface area (Å²) in [6.45, 7) is 10.3. The maximum Gasteiger partial charge on any atom is 0.165 e. The van der Waals surface area contributed by atoms with E-state index in [1.807, 2.05) is 16.9 Å². The van der Waals surface area contributed by atoms with E-state index >= 15 is 0 Å². The molecule has 0 radical (unpaired) electrons. The van der Waals surface area contributed by atoms with Gasteiger partial charge in [-0.3, -0.25) is 9.67 Å². The van der Waals surface area contributed by atoms with Crippen molar-refractivity contribution in [2.24, 2.45) is 5.92 Å². The quantitative estimate of drug-likeness (QED) is 0.848. The summed E-state index contributed by atoms with van der Waals surface area (Å²) in [6.07, 6.45) is 7.18. The number of rotatable bonds is 7. The molecule has 0 spiro atoms. The van der Waals surface area contributed by atoms with Crippen LogP contribution < -0.4 is 10.1 Å². The summed E-state index contributed by atoms with van der Waals surface area (Å²) < 4.78 is 7.79. The van der Waals surface area contributed by atoms with Crippen LogP contribution in [0.2, 0.25) is 0 Å². The van der Waals surface area contributed by atoms with Gasteiger partial charge >= 0.3 is 0 Å². The SMILES string of the molecule is CC(C)CNCc1ccncc1Oc1cnn(C(C)C)c1. The van der Waals surface area contributed by atoms with Crippen LogP contribution >= 0.6 is 0 Å². The van der Waals surface area contributed by atoms with Gasteiger partial charge in [0.15, 0.2) is 5.75 Å². The van der Waals surface area contributed by atoms with Crippen molar-refractivity contribution in [3.63, 3.8) is 0 Å². The fraction of sp³-hybridized carbons (Fsp3) is 0.500. The molecule has 2 aromatic rings. The molecular weight excluding hydrogens is 264 g/mol. The Balaban J connectivity index is 2.04. The highest BCUT2D eigenvalue weighted by Crippen LogP contribution is 2.24. The van der Waals surface area contributed by atoms with Gasteiger partial charge < -0.3 is 10.1 Å². The number of nitrogens with zero attached hydrogens (tertiary/aromatic N) is 3. The third-order valence-corrected chi connectivity index (χ3v) is 3.07. The Labute approximate surface area is 126 Å². The van der Waals surface area contributed by atoms with Gasteiger partial charge in [0.05, 0.1) is 18.6 Å². The highest BCUT2D eigenvalue weighted by Gasteiger charge is 2.08. The molecule has 0 aliphatic heterocycles. The third-order valence-electron chi connectivity index (χ3n) is 3.07. The van der Waals surface area contributed by atoms with E-state index in [0.717, 1.165) is 30.2 Å². The van der Waals surface area contributed by atoms with Gasteiger partial charge in [-0.15, -0.1) is 0 Å². The zero-order valence-electron chi connectivity index (χ0n) is 13.2. The molecule has 0 saturated carbocycles. The lowest BCUT2D eigenvalue weighted by Gasteiger charge is -2.11. The summed E-state index contributed by atoms with van der Waals surface area (Å²) in [4.78, 5) is 4.15. The minimum atomic E-state index is 0.323. The molecule has 2 heterocycles. The number of aromatic nitrogens is 3. The van der Waals surface area contributed by atoms with Crippen LogP contribution in [-0.4, -0.2) is 21.3 Å². The average molecular weight is 288 g/mol. The Bertz CT molecular complexity index is 563. The molecule has 0 bridgehead atoms. The van der Waals surface area contributed by atoms with E-state index in [0.29, 0.717) is 12.0 Å². The van der Waals surface area contributed by atoms with E-state index in [9.17, 15) is 0 Å². The van der Waals surface area contributed by atoms with Crippen LogP contribution in [0.5, 0.6) is 11.5 Å². The first-order chi connectivity index (χ1) is 10.1. The number of nitrogens with one attached hydrogen (secondary N) is 1. The highest BCUT2D eigenvalue weighted by atomic mass is 16.5. The van der Waals surface area contributed by atoms with E-state index in [2.05, 4.69) is 43.1 Å². The maximum absolute atomic E-state index is 5.91. The smallest absolute Gasteiger partial charge is 0.165 e.